The van der Waals surface area contributed by atoms with Crippen LogP contribution in [0.2, 0.25) is 10.0 Å². The number of halogens is 2. The smallest absolute Gasteiger partial charge is 0.216 e. The summed E-state index contributed by atoms with van der Waals surface area (Å²) in [7, 11) is 2.14. The van der Waals surface area contributed by atoms with Crippen molar-refractivity contribution in [1.29, 1.82) is 0 Å². The highest BCUT2D eigenvalue weighted by molar-refractivity contribution is 7.99. The zero-order chi connectivity index (χ0) is 23.1. The molecule has 1 aliphatic heterocycles. The lowest BCUT2D eigenvalue weighted by Gasteiger charge is -2.28. The molecule has 1 aromatic carbocycles. The minimum atomic E-state index is 0.203. The molecule has 0 atom stereocenters. The summed E-state index contributed by atoms with van der Waals surface area (Å²) in [6.07, 6.45) is 5.66. The number of nitrogens with zero attached hydrogens (tertiary/aromatic N) is 9. The van der Waals surface area contributed by atoms with Gasteiger partial charge in [0, 0.05) is 18.3 Å². The van der Waals surface area contributed by atoms with E-state index < -0.39 is 0 Å². The molecule has 0 amide bonds. The van der Waals surface area contributed by atoms with Crippen LogP contribution in [0.3, 0.4) is 0 Å². The van der Waals surface area contributed by atoms with Crippen molar-refractivity contribution in [2.45, 2.75) is 48.8 Å². The second-order valence-corrected chi connectivity index (χ2v) is 10.2. The van der Waals surface area contributed by atoms with Gasteiger partial charge >= 0.3 is 0 Å². The Kier molecular flexibility index (Phi) is 6.26. The number of fused-ring (bicyclic) bond motifs is 1. The van der Waals surface area contributed by atoms with Crippen LogP contribution in [0.5, 0.6) is 0 Å². The van der Waals surface area contributed by atoms with Crippen molar-refractivity contribution in [3.05, 3.63) is 40.4 Å². The fraction of sp³-hybridized carbons (Fsp3) is 0.429. The van der Waals surface area contributed by atoms with E-state index in [1.807, 2.05) is 15.4 Å². The molecule has 9 nitrogen and oxygen atoms in total. The number of aromatic nitrogens is 8. The molecule has 0 spiro atoms. The number of rotatable bonds is 5. The molecule has 4 heterocycles. The number of tetrazole rings is 1. The summed E-state index contributed by atoms with van der Waals surface area (Å²) in [4.78, 5) is 16.7. The minimum absolute atomic E-state index is 0.203. The van der Waals surface area contributed by atoms with Crippen LogP contribution in [0.25, 0.3) is 16.9 Å². The van der Waals surface area contributed by atoms with Crippen LogP contribution < -0.4 is 0 Å². The second-order valence-electron chi connectivity index (χ2n) is 8.46. The van der Waals surface area contributed by atoms with Gasteiger partial charge in [-0.3, -0.25) is 4.57 Å². The Balaban J connectivity index is 1.61. The maximum Gasteiger partial charge on any atom is 0.216 e. The Morgan fingerprint density at radius 1 is 1.06 bits per heavy atom. The predicted octanol–water partition coefficient (Wildman–Crippen LogP) is 4.65. The van der Waals surface area contributed by atoms with Crippen LogP contribution >= 0.6 is 35.0 Å². The van der Waals surface area contributed by atoms with Crippen LogP contribution in [-0.4, -0.2) is 64.8 Å². The molecule has 3 aromatic heterocycles. The SMILES string of the molecule is CC(C)c1nccn1-c1nc2cc(Cl)c(Cl)cc2nc1Sc1nnnn1C1CCN(C)CC1. The first-order valence-electron chi connectivity index (χ1n) is 10.8. The molecule has 5 rings (SSSR count). The Morgan fingerprint density at radius 2 is 1.76 bits per heavy atom. The number of benzene rings is 1. The lowest BCUT2D eigenvalue weighted by Crippen LogP contribution is -2.32. The number of hydrogen-bond donors (Lipinski definition) is 0. The molecule has 0 bridgehead atoms. The van der Waals surface area contributed by atoms with Gasteiger partial charge in [0.05, 0.1) is 27.1 Å². The molecule has 0 radical (unpaired) electrons. The lowest BCUT2D eigenvalue weighted by atomic mass is 10.1. The van der Waals surface area contributed by atoms with Gasteiger partial charge in [0.1, 0.15) is 10.9 Å². The molecule has 0 aliphatic carbocycles. The normalized spacial score (nSPS) is 15.7. The van der Waals surface area contributed by atoms with Crippen LogP contribution in [0, 0.1) is 0 Å². The monoisotopic (exact) mass is 503 g/mol. The van der Waals surface area contributed by atoms with Crippen molar-refractivity contribution in [2.75, 3.05) is 20.1 Å². The number of imidazole rings is 1. The van der Waals surface area contributed by atoms with Crippen LogP contribution in [-0.2, 0) is 0 Å². The van der Waals surface area contributed by atoms with Crippen molar-refractivity contribution in [2.24, 2.45) is 0 Å². The van der Waals surface area contributed by atoms with Crippen molar-refractivity contribution < 1.29 is 0 Å². The van der Waals surface area contributed by atoms with Crippen molar-refractivity contribution in [3.63, 3.8) is 0 Å². The van der Waals surface area contributed by atoms with E-state index in [1.54, 1.807) is 18.3 Å². The largest absolute Gasteiger partial charge is 0.306 e. The standard InChI is InChI=1S/C21H23Cl2N9S/c1-12(2)18-24-6-9-31(18)19-20(26-17-11-15(23)14(22)10-16(17)25-19)33-21-27-28-29-32(21)13-4-7-30(3)8-5-13/h6,9-13H,4-5,7-8H2,1-3H3. The number of piperidine rings is 1. The van der Waals surface area contributed by atoms with Crippen molar-refractivity contribution in [3.8, 4) is 5.82 Å². The molecule has 0 unspecified atom stereocenters. The fourth-order valence-corrected chi connectivity index (χ4v) is 5.21. The van der Waals surface area contributed by atoms with E-state index >= 15 is 0 Å². The van der Waals surface area contributed by atoms with Gasteiger partial charge in [0.2, 0.25) is 5.16 Å². The second kappa shape index (κ2) is 9.17. The fourth-order valence-electron chi connectivity index (χ4n) is 3.98. The first kappa shape index (κ1) is 22.5. The molecule has 1 saturated heterocycles. The van der Waals surface area contributed by atoms with E-state index in [0.717, 1.165) is 31.8 Å². The third-order valence-electron chi connectivity index (χ3n) is 5.76. The Hall–Kier alpha value is -2.27. The molecule has 1 fully saturated rings. The van der Waals surface area contributed by atoms with Crippen LogP contribution in [0.4, 0.5) is 0 Å². The van der Waals surface area contributed by atoms with Crippen molar-refractivity contribution >= 4 is 46.0 Å². The Bertz CT molecular complexity index is 1290. The Morgan fingerprint density at radius 3 is 2.45 bits per heavy atom. The van der Waals surface area contributed by atoms with Gasteiger partial charge in [-0.25, -0.2) is 19.6 Å². The zero-order valence-electron chi connectivity index (χ0n) is 18.5. The average Bonchev–Trinajstić information content (AvgIpc) is 3.45. The molecular weight excluding hydrogens is 481 g/mol. The molecule has 0 saturated carbocycles. The predicted molar refractivity (Wildman–Crippen MR) is 128 cm³/mol. The summed E-state index contributed by atoms with van der Waals surface area (Å²) >= 11 is 13.9. The zero-order valence-corrected chi connectivity index (χ0v) is 20.8. The summed E-state index contributed by atoms with van der Waals surface area (Å²) in [6.45, 7) is 6.22. The molecule has 1 aliphatic rings. The number of hydrogen-bond acceptors (Lipinski definition) is 8. The molecule has 172 valence electrons. The van der Waals surface area contributed by atoms with Gasteiger partial charge in [-0.05, 0) is 67.3 Å². The van der Waals surface area contributed by atoms with Gasteiger partial charge in [-0.1, -0.05) is 37.0 Å². The average molecular weight is 504 g/mol. The summed E-state index contributed by atoms with van der Waals surface area (Å²) < 4.78 is 3.88. The van der Waals surface area contributed by atoms with Gasteiger partial charge in [0.15, 0.2) is 5.82 Å². The van der Waals surface area contributed by atoms with E-state index in [0.29, 0.717) is 37.1 Å². The van der Waals surface area contributed by atoms with Gasteiger partial charge in [-0.2, -0.15) is 0 Å². The highest BCUT2D eigenvalue weighted by atomic mass is 35.5. The van der Waals surface area contributed by atoms with Crippen LogP contribution in [0.1, 0.15) is 44.5 Å². The molecule has 12 heteroatoms. The van der Waals surface area contributed by atoms with E-state index in [4.69, 9.17) is 33.2 Å². The third-order valence-corrected chi connectivity index (χ3v) is 7.40. The number of likely N-dealkylation sites (tertiary alicyclic amines) is 1. The summed E-state index contributed by atoms with van der Waals surface area (Å²) in [5.74, 6) is 1.75. The van der Waals surface area contributed by atoms with E-state index in [-0.39, 0.29) is 12.0 Å². The van der Waals surface area contributed by atoms with Crippen molar-refractivity contribution in [1.82, 2.24) is 44.6 Å². The van der Waals surface area contributed by atoms with Gasteiger partial charge in [0.25, 0.3) is 0 Å². The molecule has 4 aromatic rings. The van der Waals surface area contributed by atoms with E-state index in [2.05, 4.69) is 46.3 Å². The summed E-state index contributed by atoms with van der Waals surface area (Å²) in [5, 5.41) is 14.8. The topological polar surface area (TPSA) is 90.4 Å². The maximum absolute atomic E-state index is 6.27. The highest BCUT2D eigenvalue weighted by Crippen LogP contribution is 2.35. The Labute approximate surface area is 205 Å². The molecule has 0 N–H and O–H groups in total. The van der Waals surface area contributed by atoms with Gasteiger partial charge in [-0.15, -0.1) is 5.10 Å². The third kappa shape index (κ3) is 4.44. The maximum atomic E-state index is 6.27. The summed E-state index contributed by atoms with van der Waals surface area (Å²) in [6, 6.07) is 3.72. The summed E-state index contributed by atoms with van der Waals surface area (Å²) in [5.41, 5.74) is 1.31. The van der Waals surface area contributed by atoms with E-state index in [1.165, 1.54) is 11.8 Å². The molecular formula is C21H23Cl2N9S. The first-order valence-corrected chi connectivity index (χ1v) is 12.3. The lowest BCUT2D eigenvalue weighted by molar-refractivity contribution is 0.203. The van der Waals surface area contributed by atoms with Crippen LogP contribution in [0.15, 0.2) is 34.7 Å². The minimum Gasteiger partial charge on any atom is -0.306 e. The quantitative estimate of drug-likeness (QED) is 0.388. The highest BCUT2D eigenvalue weighted by Gasteiger charge is 2.25. The van der Waals surface area contributed by atoms with Gasteiger partial charge < -0.3 is 4.90 Å². The van der Waals surface area contributed by atoms with E-state index in [9.17, 15) is 0 Å². The molecule has 33 heavy (non-hydrogen) atoms. The first-order chi connectivity index (χ1) is 15.9.